The first-order chi connectivity index (χ1) is 12.9. The van der Waals surface area contributed by atoms with Gasteiger partial charge in [0.2, 0.25) is 0 Å². The van der Waals surface area contributed by atoms with Crippen molar-refractivity contribution in [3.05, 3.63) is 23.8 Å². The van der Waals surface area contributed by atoms with Gasteiger partial charge in [-0.3, -0.25) is 4.79 Å². The Morgan fingerprint density at radius 2 is 1.93 bits per heavy atom. The molecule has 0 aromatic heterocycles. The first-order valence-corrected chi connectivity index (χ1v) is 10.5. The SMILES string of the molecule is C[C@H]1C[C@H]2C3CCC4=CC(=O)C=C[C@]4(C)[C@@]3(F)[C@@H](O)C[C@]2(C)COC(C)(C)O1. The van der Waals surface area contributed by atoms with Gasteiger partial charge in [-0.25, -0.2) is 4.39 Å². The smallest absolute Gasteiger partial charge is 0.178 e. The minimum absolute atomic E-state index is 0.0383. The van der Waals surface area contributed by atoms with Crippen molar-refractivity contribution in [2.75, 3.05) is 6.61 Å². The minimum Gasteiger partial charge on any atom is -0.390 e. The van der Waals surface area contributed by atoms with Crippen LogP contribution in [0, 0.1) is 22.7 Å². The van der Waals surface area contributed by atoms with Crippen LogP contribution in [0.1, 0.15) is 60.3 Å². The van der Waals surface area contributed by atoms with Crippen molar-refractivity contribution in [2.24, 2.45) is 22.7 Å². The van der Waals surface area contributed by atoms with Crippen molar-refractivity contribution >= 4 is 5.78 Å². The van der Waals surface area contributed by atoms with Gasteiger partial charge in [-0.15, -0.1) is 0 Å². The van der Waals surface area contributed by atoms with Crippen molar-refractivity contribution in [1.82, 2.24) is 0 Å². The first kappa shape index (κ1) is 20.2. The van der Waals surface area contributed by atoms with Crippen LogP contribution in [0.25, 0.3) is 0 Å². The Labute approximate surface area is 167 Å². The molecule has 4 rings (SSSR count). The zero-order chi connectivity index (χ0) is 20.5. The van der Waals surface area contributed by atoms with Crippen molar-refractivity contribution in [3.63, 3.8) is 0 Å². The van der Waals surface area contributed by atoms with Gasteiger partial charge in [0.15, 0.2) is 17.2 Å². The Morgan fingerprint density at radius 3 is 2.64 bits per heavy atom. The molecule has 5 heteroatoms. The predicted octanol–water partition coefficient (Wildman–Crippen LogP) is 4.12. The summed E-state index contributed by atoms with van der Waals surface area (Å²) < 4.78 is 29.2. The van der Waals surface area contributed by atoms with Gasteiger partial charge in [0.1, 0.15) is 0 Å². The minimum atomic E-state index is -1.80. The maximum absolute atomic E-state index is 17.0. The third-order valence-electron chi connectivity index (χ3n) is 7.97. The summed E-state index contributed by atoms with van der Waals surface area (Å²) in [6.45, 7) is 10.3. The third kappa shape index (κ3) is 2.77. The Bertz CT molecular complexity index is 743. The molecule has 1 heterocycles. The fourth-order valence-electron chi connectivity index (χ4n) is 6.53. The van der Waals surface area contributed by atoms with Gasteiger partial charge < -0.3 is 14.6 Å². The molecule has 0 radical (unpaired) electrons. The molecule has 3 aliphatic carbocycles. The number of fused-ring (bicyclic) bond motifs is 5. The van der Waals surface area contributed by atoms with E-state index < -0.39 is 23.0 Å². The maximum atomic E-state index is 17.0. The van der Waals surface area contributed by atoms with E-state index in [0.29, 0.717) is 25.9 Å². The molecular formula is C23H33FO4. The third-order valence-corrected chi connectivity index (χ3v) is 7.97. The summed E-state index contributed by atoms with van der Waals surface area (Å²) in [7, 11) is 0. The Balaban J connectivity index is 1.77. The molecule has 0 bridgehead atoms. The van der Waals surface area contributed by atoms with Crippen molar-refractivity contribution in [1.29, 1.82) is 0 Å². The van der Waals surface area contributed by atoms with Crippen molar-refractivity contribution in [2.45, 2.75) is 84.0 Å². The van der Waals surface area contributed by atoms with Crippen LogP contribution in [0.5, 0.6) is 0 Å². The number of allylic oxidation sites excluding steroid dienone is 4. The van der Waals surface area contributed by atoms with Gasteiger partial charge in [-0.1, -0.05) is 18.6 Å². The predicted molar refractivity (Wildman–Crippen MR) is 104 cm³/mol. The van der Waals surface area contributed by atoms with E-state index in [2.05, 4.69) is 6.92 Å². The molecule has 0 spiro atoms. The fraction of sp³-hybridized carbons (Fsp3) is 0.783. The van der Waals surface area contributed by atoms with E-state index in [0.717, 1.165) is 12.0 Å². The van der Waals surface area contributed by atoms with Crippen LogP contribution < -0.4 is 0 Å². The lowest BCUT2D eigenvalue weighted by Crippen LogP contribution is -2.68. The molecule has 28 heavy (non-hydrogen) atoms. The molecule has 3 fully saturated rings. The zero-order valence-corrected chi connectivity index (χ0v) is 17.6. The number of aliphatic hydroxyl groups is 1. The number of ketones is 1. The summed E-state index contributed by atoms with van der Waals surface area (Å²) >= 11 is 0. The number of alkyl halides is 1. The van der Waals surface area contributed by atoms with Gasteiger partial charge in [0.25, 0.3) is 0 Å². The lowest BCUT2D eigenvalue weighted by atomic mass is 9.45. The maximum Gasteiger partial charge on any atom is 0.178 e. The quantitative estimate of drug-likeness (QED) is 0.674. The molecule has 2 saturated carbocycles. The average Bonchev–Trinajstić information content (AvgIpc) is 2.58. The van der Waals surface area contributed by atoms with Gasteiger partial charge >= 0.3 is 0 Å². The highest BCUT2D eigenvalue weighted by atomic mass is 19.1. The van der Waals surface area contributed by atoms with Crippen LogP contribution in [0.2, 0.25) is 0 Å². The van der Waals surface area contributed by atoms with E-state index in [4.69, 9.17) is 9.47 Å². The van der Waals surface area contributed by atoms with E-state index in [9.17, 15) is 9.90 Å². The number of carbonyl (C=O) groups is 1. The van der Waals surface area contributed by atoms with Crippen molar-refractivity contribution in [3.8, 4) is 0 Å². The van der Waals surface area contributed by atoms with E-state index in [1.54, 1.807) is 12.2 Å². The molecule has 1 N–H and O–H groups in total. The topological polar surface area (TPSA) is 55.8 Å². The molecule has 0 aromatic rings. The second kappa shape index (κ2) is 6.23. The van der Waals surface area contributed by atoms with Crippen LogP contribution in [0.15, 0.2) is 23.8 Å². The van der Waals surface area contributed by atoms with Crippen LogP contribution in [0.3, 0.4) is 0 Å². The second-order valence-corrected chi connectivity index (χ2v) is 10.4. The fourth-order valence-corrected chi connectivity index (χ4v) is 6.53. The summed E-state index contributed by atoms with van der Waals surface area (Å²) in [6, 6.07) is 0. The summed E-state index contributed by atoms with van der Waals surface area (Å²) in [5, 5.41) is 11.2. The molecule has 4 nitrogen and oxygen atoms in total. The number of halogens is 1. The number of hydrogen-bond donors (Lipinski definition) is 1. The molecule has 1 aliphatic heterocycles. The number of aliphatic hydroxyl groups excluding tert-OH is 1. The zero-order valence-electron chi connectivity index (χ0n) is 17.6. The number of hydrogen-bond acceptors (Lipinski definition) is 4. The summed E-state index contributed by atoms with van der Waals surface area (Å²) in [5.41, 5.74) is -2.25. The molecule has 1 unspecified atom stereocenters. The largest absolute Gasteiger partial charge is 0.390 e. The van der Waals surface area contributed by atoms with Crippen LogP contribution >= 0.6 is 0 Å². The molecule has 4 aliphatic rings. The molecule has 7 atom stereocenters. The van der Waals surface area contributed by atoms with E-state index in [-0.39, 0.29) is 29.1 Å². The van der Waals surface area contributed by atoms with Gasteiger partial charge in [0.05, 0.1) is 18.8 Å². The number of rotatable bonds is 0. The summed E-state index contributed by atoms with van der Waals surface area (Å²) in [6.07, 6.45) is 5.97. The second-order valence-electron chi connectivity index (χ2n) is 10.4. The van der Waals surface area contributed by atoms with E-state index in [1.807, 2.05) is 27.7 Å². The standard InChI is InChI=1S/C23H33FO4/c1-14-10-18-17-7-6-15-11-16(25)8-9-22(15,5)23(17,24)19(26)12-21(18,4)13-27-20(2,3)28-14/h8-9,11,14,17-19,26H,6-7,10,12-13H2,1-5H3/t14-,17?,18-,19-,21+,22-,23-/m0/s1. The van der Waals surface area contributed by atoms with E-state index >= 15 is 4.39 Å². The Kier molecular flexibility index (Phi) is 4.50. The molecule has 0 aromatic carbocycles. The van der Waals surface area contributed by atoms with E-state index in [1.165, 1.54) is 6.08 Å². The van der Waals surface area contributed by atoms with Crippen LogP contribution in [-0.4, -0.2) is 41.2 Å². The highest BCUT2D eigenvalue weighted by Crippen LogP contribution is 2.65. The van der Waals surface area contributed by atoms with Crippen molar-refractivity contribution < 1.29 is 23.8 Å². The molecule has 1 saturated heterocycles. The normalized spacial score (nSPS) is 50.5. The van der Waals surface area contributed by atoms with Crippen LogP contribution in [0.4, 0.5) is 4.39 Å². The lowest BCUT2D eigenvalue weighted by Gasteiger charge is -2.63. The monoisotopic (exact) mass is 392 g/mol. The van der Waals surface area contributed by atoms with Gasteiger partial charge in [-0.05, 0) is 76.9 Å². The average molecular weight is 393 g/mol. The van der Waals surface area contributed by atoms with Gasteiger partial charge in [0, 0.05) is 11.3 Å². The lowest BCUT2D eigenvalue weighted by molar-refractivity contribution is -0.292. The molecular weight excluding hydrogens is 359 g/mol. The molecule has 156 valence electrons. The summed E-state index contributed by atoms with van der Waals surface area (Å²) in [5.74, 6) is -1.05. The highest BCUT2D eigenvalue weighted by Gasteiger charge is 2.68. The number of ether oxygens (including phenoxy) is 2. The highest BCUT2D eigenvalue weighted by molar-refractivity contribution is 6.01. The first-order valence-electron chi connectivity index (χ1n) is 10.5. The number of carbonyl (C=O) groups excluding carboxylic acids is 1. The van der Waals surface area contributed by atoms with Crippen LogP contribution in [-0.2, 0) is 14.3 Å². The Morgan fingerprint density at radius 1 is 1.21 bits per heavy atom. The van der Waals surface area contributed by atoms with Gasteiger partial charge in [-0.2, -0.15) is 0 Å². The molecule has 0 amide bonds. The Hall–Kier alpha value is -1.04. The summed E-state index contributed by atoms with van der Waals surface area (Å²) in [4.78, 5) is 11.9.